The van der Waals surface area contributed by atoms with E-state index in [9.17, 15) is 8.42 Å². The molecule has 24 heavy (non-hydrogen) atoms. The van der Waals surface area contributed by atoms with Crippen LogP contribution in [0.25, 0.3) is 0 Å². The number of aliphatic imine (C=N–C) groups is 1. The highest BCUT2D eigenvalue weighted by Crippen LogP contribution is 2.10. The van der Waals surface area contributed by atoms with Gasteiger partial charge in [0, 0.05) is 25.0 Å². The first-order valence-corrected chi connectivity index (χ1v) is 9.50. The Labute approximate surface area is 163 Å². The van der Waals surface area contributed by atoms with Crippen LogP contribution in [0.15, 0.2) is 51.7 Å². The fraction of sp³-hybridized carbons (Fsp3) is 0.267. The summed E-state index contributed by atoms with van der Waals surface area (Å²) >= 11 is 1.73. The second kappa shape index (κ2) is 9.97. The molecule has 2 rings (SSSR count). The van der Waals surface area contributed by atoms with Gasteiger partial charge in [-0.3, -0.25) is 4.99 Å². The van der Waals surface area contributed by atoms with Gasteiger partial charge in [-0.05, 0) is 35.6 Å². The Balaban J connectivity index is 0.00000288. The van der Waals surface area contributed by atoms with Crippen molar-refractivity contribution in [3.63, 3.8) is 0 Å². The average Bonchev–Trinajstić information content (AvgIpc) is 3.03. The predicted molar refractivity (Wildman–Crippen MR) is 109 cm³/mol. The van der Waals surface area contributed by atoms with E-state index in [-0.39, 0.29) is 28.9 Å². The minimum Gasteiger partial charge on any atom is -0.356 e. The smallest absolute Gasteiger partial charge is 0.238 e. The van der Waals surface area contributed by atoms with E-state index in [1.54, 1.807) is 30.5 Å². The van der Waals surface area contributed by atoms with Gasteiger partial charge in [0.15, 0.2) is 5.96 Å². The number of guanidine groups is 1. The second-order valence-corrected chi connectivity index (χ2v) is 7.47. The molecule has 0 fully saturated rings. The van der Waals surface area contributed by atoms with Crippen molar-refractivity contribution in [3.05, 3.63) is 52.2 Å². The molecular weight excluding hydrogens is 459 g/mol. The molecule has 1 heterocycles. The maximum absolute atomic E-state index is 11.4. The minimum atomic E-state index is -3.68. The highest BCUT2D eigenvalue weighted by Gasteiger charge is 2.08. The number of nitrogens with two attached hydrogens (primary N) is 1. The summed E-state index contributed by atoms with van der Waals surface area (Å²) in [5, 5.41) is 13.6. The lowest BCUT2D eigenvalue weighted by Gasteiger charge is -2.12. The van der Waals surface area contributed by atoms with Crippen LogP contribution in [0.5, 0.6) is 0 Å². The maximum atomic E-state index is 11.4. The van der Waals surface area contributed by atoms with Crippen LogP contribution < -0.4 is 15.8 Å². The van der Waals surface area contributed by atoms with E-state index in [1.807, 2.05) is 12.1 Å². The Bertz CT molecular complexity index is 762. The highest BCUT2D eigenvalue weighted by atomic mass is 127. The zero-order chi connectivity index (χ0) is 16.7. The largest absolute Gasteiger partial charge is 0.356 e. The molecule has 9 heteroatoms. The molecule has 0 radical (unpaired) electrons. The average molecular weight is 480 g/mol. The van der Waals surface area contributed by atoms with Gasteiger partial charge in [0.05, 0.1) is 4.90 Å². The van der Waals surface area contributed by atoms with Gasteiger partial charge in [0.1, 0.15) is 0 Å². The number of halogens is 1. The topological polar surface area (TPSA) is 96.6 Å². The van der Waals surface area contributed by atoms with Crippen LogP contribution in [0.3, 0.4) is 0 Å². The lowest BCUT2D eigenvalue weighted by Crippen LogP contribution is -2.37. The molecule has 2 aromatic rings. The Morgan fingerprint density at radius 2 is 2.04 bits per heavy atom. The first-order chi connectivity index (χ1) is 11.0. The van der Waals surface area contributed by atoms with Crippen molar-refractivity contribution >= 4 is 51.3 Å². The Morgan fingerprint density at radius 3 is 2.67 bits per heavy atom. The van der Waals surface area contributed by atoms with Crippen molar-refractivity contribution in [2.75, 3.05) is 13.6 Å². The van der Waals surface area contributed by atoms with Crippen LogP contribution in [0.4, 0.5) is 0 Å². The van der Waals surface area contributed by atoms with Crippen molar-refractivity contribution in [1.29, 1.82) is 0 Å². The zero-order valence-electron chi connectivity index (χ0n) is 13.2. The predicted octanol–water partition coefficient (Wildman–Crippen LogP) is 1.92. The van der Waals surface area contributed by atoms with Gasteiger partial charge in [-0.25, -0.2) is 13.6 Å². The molecule has 0 spiro atoms. The normalized spacial score (nSPS) is 11.7. The molecule has 1 aromatic carbocycles. The van der Waals surface area contributed by atoms with Crippen LogP contribution in [0.1, 0.15) is 10.4 Å². The molecule has 0 saturated heterocycles. The second-order valence-electron chi connectivity index (χ2n) is 4.87. The molecule has 0 bridgehead atoms. The third kappa shape index (κ3) is 6.75. The van der Waals surface area contributed by atoms with Gasteiger partial charge in [0.25, 0.3) is 0 Å². The van der Waals surface area contributed by atoms with Crippen LogP contribution in [-0.2, 0) is 23.0 Å². The van der Waals surface area contributed by atoms with Crippen molar-refractivity contribution in [3.8, 4) is 0 Å². The van der Waals surface area contributed by atoms with Crippen molar-refractivity contribution in [2.45, 2.75) is 17.9 Å². The number of primary sulfonamides is 1. The van der Waals surface area contributed by atoms with Crippen LogP contribution in [0.2, 0.25) is 0 Å². The standard InChI is InChI=1S/C15H20N4O2S2.HI/c1-17-15(18-8-7-13-5-3-9-22-13)19-11-12-4-2-6-14(10-12)23(16,20)21;/h2-6,9-10H,7-8,11H2,1H3,(H2,16,20,21)(H2,17,18,19);1H. The van der Waals surface area contributed by atoms with Gasteiger partial charge in [-0.15, -0.1) is 35.3 Å². The SMILES string of the molecule is CN=C(NCCc1cccs1)NCc1cccc(S(N)(=O)=O)c1.I. The van der Waals surface area contributed by atoms with Crippen LogP contribution >= 0.6 is 35.3 Å². The summed E-state index contributed by atoms with van der Waals surface area (Å²) in [7, 11) is -1.99. The molecule has 6 nitrogen and oxygen atoms in total. The van der Waals surface area contributed by atoms with E-state index in [4.69, 9.17) is 5.14 Å². The molecule has 0 amide bonds. The lowest BCUT2D eigenvalue weighted by molar-refractivity contribution is 0.597. The van der Waals surface area contributed by atoms with E-state index >= 15 is 0 Å². The molecule has 0 unspecified atom stereocenters. The van der Waals surface area contributed by atoms with E-state index in [1.165, 1.54) is 10.9 Å². The first kappa shape index (κ1) is 20.9. The monoisotopic (exact) mass is 480 g/mol. The summed E-state index contributed by atoms with van der Waals surface area (Å²) in [5.41, 5.74) is 0.817. The molecule has 1 aromatic heterocycles. The molecule has 132 valence electrons. The summed E-state index contributed by atoms with van der Waals surface area (Å²) in [4.78, 5) is 5.57. The van der Waals surface area contributed by atoms with E-state index in [0.29, 0.717) is 12.5 Å². The zero-order valence-corrected chi connectivity index (χ0v) is 17.2. The third-order valence-electron chi connectivity index (χ3n) is 3.15. The van der Waals surface area contributed by atoms with Gasteiger partial charge in [0.2, 0.25) is 10.0 Å². The molecular formula is C15H21IN4O2S2. The third-order valence-corrected chi connectivity index (χ3v) is 5.00. The number of nitrogens with one attached hydrogen (secondary N) is 2. The van der Waals surface area contributed by atoms with Gasteiger partial charge in [-0.1, -0.05) is 18.2 Å². The number of thiophene rings is 1. The lowest BCUT2D eigenvalue weighted by atomic mass is 10.2. The summed E-state index contributed by atoms with van der Waals surface area (Å²) < 4.78 is 22.7. The Hall–Kier alpha value is -1.17. The number of rotatable bonds is 6. The minimum absolute atomic E-state index is 0. The maximum Gasteiger partial charge on any atom is 0.238 e. The Morgan fingerprint density at radius 1 is 1.25 bits per heavy atom. The number of nitrogens with zero attached hydrogens (tertiary/aromatic N) is 1. The summed E-state index contributed by atoms with van der Waals surface area (Å²) in [6, 6.07) is 10.7. The summed E-state index contributed by atoms with van der Waals surface area (Å²) in [5.74, 6) is 0.669. The Kier molecular flexibility index (Phi) is 8.67. The van der Waals surface area contributed by atoms with Gasteiger partial charge in [-0.2, -0.15) is 0 Å². The number of sulfonamides is 1. The quantitative estimate of drug-likeness (QED) is 0.335. The molecule has 0 aliphatic heterocycles. The van der Waals surface area contributed by atoms with Gasteiger partial charge >= 0.3 is 0 Å². The van der Waals surface area contributed by atoms with E-state index in [2.05, 4.69) is 27.1 Å². The van der Waals surface area contributed by atoms with Crippen molar-refractivity contribution < 1.29 is 8.42 Å². The molecule has 0 saturated carbocycles. The van der Waals surface area contributed by atoms with Crippen molar-refractivity contribution in [2.24, 2.45) is 10.1 Å². The van der Waals surface area contributed by atoms with E-state index in [0.717, 1.165) is 18.5 Å². The molecule has 0 aliphatic rings. The summed E-state index contributed by atoms with van der Waals surface area (Å²) in [6.45, 7) is 1.24. The fourth-order valence-electron chi connectivity index (χ4n) is 2.00. The van der Waals surface area contributed by atoms with Crippen LogP contribution in [-0.4, -0.2) is 28.0 Å². The highest BCUT2D eigenvalue weighted by molar-refractivity contribution is 14.0. The van der Waals surface area contributed by atoms with Crippen molar-refractivity contribution in [1.82, 2.24) is 10.6 Å². The molecule has 0 aliphatic carbocycles. The number of hydrogen-bond acceptors (Lipinski definition) is 4. The molecule has 4 N–H and O–H groups in total. The first-order valence-electron chi connectivity index (χ1n) is 7.07. The van der Waals surface area contributed by atoms with Gasteiger partial charge < -0.3 is 10.6 Å². The molecule has 0 atom stereocenters. The number of hydrogen-bond donors (Lipinski definition) is 3. The number of benzene rings is 1. The van der Waals surface area contributed by atoms with E-state index < -0.39 is 10.0 Å². The fourth-order valence-corrected chi connectivity index (χ4v) is 3.29. The summed E-state index contributed by atoms with van der Waals surface area (Å²) in [6.07, 6.45) is 0.930. The van der Waals surface area contributed by atoms with Crippen LogP contribution in [0, 0.1) is 0 Å².